The highest BCUT2D eigenvalue weighted by molar-refractivity contribution is 5.51. The van der Waals surface area contributed by atoms with E-state index < -0.39 is 11.0 Å². The minimum absolute atomic E-state index is 0.136. The zero-order valence-corrected chi connectivity index (χ0v) is 7.42. The highest BCUT2D eigenvalue weighted by atomic mass is 16.3. The number of rotatable bonds is 4. The Kier molecular flexibility index (Phi) is 3.20. The fourth-order valence-electron chi connectivity index (χ4n) is 0.658. The molecule has 0 aliphatic heterocycles. The van der Waals surface area contributed by atoms with Crippen LogP contribution in [-0.4, -0.2) is 23.5 Å². The Bertz CT molecular complexity index is 141. The SMILES string of the molecule is CC(C)(CN)C(C)(O)CC=O. The molecule has 0 aliphatic rings. The maximum absolute atomic E-state index is 10.2. The van der Waals surface area contributed by atoms with Crippen molar-refractivity contribution < 1.29 is 9.90 Å². The van der Waals surface area contributed by atoms with Crippen LogP contribution >= 0.6 is 0 Å². The second-order valence-electron chi connectivity index (χ2n) is 3.73. The van der Waals surface area contributed by atoms with Gasteiger partial charge >= 0.3 is 0 Å². The first kappa shape index (κ1) is 10.6. The van der Waals surface area contributed by atoms with Gasteiger partial charge in [0.1, 0.15) is 6.29 Å². The van der Waals surface area contributed by atoms with Crippen LogP contribution in [0.15, 0.2) is 0 Å². The first-order chi connectivity index (χ1) is 4.87. The second-order valence-corrected chi connectivity index (χ2v) is 3.73. The van der Waals surface area contributed by atoms with Gasteiger partial charge in [0.25, 0.3) is 0 Å². The number of hydrogen-bond donors (Lipinski definition) is 2. The third-order valence-corrected chi connectivity index (χ3v) is 2.45. The maximum atomic E-state index is 10.2. The van der Waals surface area contributed by atoms with Gasteiger partial charge in [-0.2, -0.15) is 0 Å². The van der Waals surface area contributed by atoms with E-state index in [0.717, 1.165) is 6.29 Å². The lowest BCUT2D eigenvalue weighted by atomic mass is 9.74. The third kappa shape index (κ3) is 2.27. The smallest absolute Gasteiger partial charge is 0.122 e. The lowest BCUT2D eigenvalue weighted by Crippen LogP contribution is -2.46. The predicted octanol–water partition coefficient (Wildman–Crippen LogP) is 0.311. The zero-order chi connectivity index (χ0) is 9.12. The van der Waals surface area contributed by atoms with Gasteiger partial charge in [-0.3, -0.25) is 0 Å². The number of carbonyl (C=O) groups is 1. The van der Waals surface area contributed by atoms with E-state index in [1.807, 2.05) is 13.8 Å². The van der Waals surface area contributed by atoms with E-state index in [1.54, 1.807) is 6.92 Å². The molecule has 0 saturated carbocycles. The normalized spacial score (nSPS) is 17.5. The highest BCUT2D eigenvalue weighted by Gasteiger charge is 2.37. The molecule has 0 saturated heterocycles. The van der Waals surface area contributed by atoms with E-state index in [4.69, 9.17) is 5.73 Å². The molecule has 1 unspecified atom stereocenters. The average molecular weight is 159 g/mol. The number of aldehydes is 1. The van der Waals surface area contributed by atoms with Gasteiger partial charge in [0.15, 0.2) is 0 Å². The summed E-state index contributed by atoms with van der Waals surface area (Å²) >= 11 is 0. The van der Waals surface area contributed by atoms with Crippen LogP contribution in [0.3, 0.4) is 0 Å². The fraction of sp³-hybridized carbons (Fsp3) is 0.875. The van der Waals surface area contributed by atoms with E-state index in [1.165, 1.54) is 0 Å². The summed E-state index contributed by atoms with van der Waals surface area (Å²) in [7, 11) is 0. The van der Waals surface area contributed by atoms with Gasteiger partial charge in [0.05, 0.1) is 5.60 Å². The molecule has 0 aromatic heterocycles. The Morgan fingerprint density at radius 3 is 2.18 bits per heavy atom. The molecular weight excluding hydrogens is 142 g/mol. The van der Waals surface area contributed by atoms with Crippen LogP contribution in [-0.2, 0) is 4.79 Å². The molecule has 3 N–H and O–H groups in total. The quantitative estimate of drug-likeness (QED) is 0.580. The molecule has 66 valence electrons. The van der Waals surface area contributed by atoms with Gasteiger partial charge < -0.3 is 15.6 Å². The summed E-state index contributed by atoms with van der Waals surface area (Å²) in [5, 5.41) is 9.73. The van der Waals surface area contributed by atoms with Gasteiger partial charge in [-0.15, -0.1) is 0 Å². The maximum Gasteiger partial charge on any atom is 0.122 e. The van der Waals surface area contributed by atoms with Crippen molar-refractivity contribution in [1.82, 2.24) is 0 Å². The summed E-state index contributed by atoms with van der Waals surface area (Å²) in [5.41, 5.74) is 4.04. The molecule has 0 heterocycles. The summed E-state index contributed by atoms with van der Waals surface area (Å²) < 4.78 is 0. The Balaban J connectivity index is 4.38. The topological polar surface area (TPSA) is 63.3 Å². The lowest BCUT2D eigenvalue weighted by molar-refractivity contribution is -0.117. The Morgan fingerprint density at radius 1 is 1.45 bits per heavy atom. The molecule has 0 spiro atoms. The number of hydrogen-bond acceptors (Lipinski definition) is 3. The fourth-order valence-corrected chi connectivity index (χ4v) is 0.658. The molecule has 1 atom stereocenters. The third-order valence-electron chi connectivity index (χ3n) is 2.45. The summed E-state index contributed by atoms with van der Waals surface area (Å²) in [6.45, 7) is 5.69. The van der Waals surface area contributed by atoms with Crippen LogP contribution < -0.4 is 5.73 Å². The summed E-state index contributed by atoms with van der Waals surface area (Å²) in [6, 6.07) is 0. The van der Waals surface area contributed by atoms with Crippen LogP contribution in [0.25, 0.3) is 0 Å². The molecule has 0 aromatic rings. The molecule has 3 nitrogen and oxygen atoms in total. The molecule has 0 rings (SSSR count). The molecule has 0 amide bonds. The summed E-state index contributed by atoms with van der Waals surface area (Å²) in [6.07, 6.45) is 0.856. The van der Waals surface area contributed by atoms with Crippen molar-refractivity contribution >= 4 is 6.29 Å². The Morgan fingerprint density at radius 2 is 1.91 bits per heavy atom. The van der Waals surface area contributed by atoms with Crippen molar-refractivity contribution in [2.45, 2.75) is 32.8 Å². The van der Waals surface area contributed by atoms with E-state index in [-0.39, 0.29) is 6.42 Å². The van der Waals surface area contributed by atoms with Crippen molar-refractivity contribution in [2.24, 2.45) is 11.1 Å². The van der Waals surface area contributed by atoms with Crippen molar-refractivity contribution in [3.63, 3.8) is 0 Å². The van der Waals surface area contributed by atoms with Crippen molar-refractivity contribution in [3.05, 3.63) is 0 Å². The largest absolute Gasteiger partial charge is 0.389 e. The molecule has 0 aromatic carbocycles. The van der Waals surface area contributed by atoms with Crippen molar-refractivity contribution in [3.8, 4) is 0 Å². The monoisotopic (exact) mass is 159 g/mol. The molecule has 3 heteroatoms. The van der Waals surface area contributed by atoms with Crippen LogP contribution in [0.2, 0.25) is 0 Å². The van der Waals surface area contributed by atoms with E-state index in [0.29, 0.717) is 6.54 Å². The standard InChI is InChI=1S/C8H17NO2/c1-7(2,6-9)8(3,11)4-5-10/h5,11H,4,6,9H2,1-3H3. The Hall–Kier alpha value is -0.410. The van der Waals surface area contributed by atoms with E-state index >= 15 is 0 Å². The number of aliphatic hydroxyl groups is 1. The van der Waals surface area contributed by atoms with Crippen LogP contribution in [0.1, 0.15) is 27.2 Å². The lowest BCUT2D eigenvalue weighted by Gasteiger charge is -2.37. The molecule has 0 fully saturated rings. The molecule has 0 bridgehead atoms. The van der Waals surface area contributed by atoms with Gasteiger partial charge in [-0.25, -0.2) is 0 Å². The van der Waals surface area contributed by atoms with E-state index in [9.17, 15) is 9.90 Å². The predicted molar refractivity (Wildman–Crippen MR) is 44.1 cm³/mol. The van der Waals surface area contributed by atoms with Crippen LogP contribution in [0, 0.1) is 5.41 Å². The van der Waals surface area contributed by atoms with Gasteiger partial charge in [-0.1, -0.05) is 13.8 Å². The van der Waals surface area contributed by atoms with Crippen LogP contribution in [0.5, 0.6) is 0 Å². The minimum atomic E-state index is -0.997. The summed E-state index contributed by atoms with van der Waals surface area (Å²) in [5.74, 6) is 0. The molecule has 0 radical (unpaired) electrons. The first-order valence-corrected chi connectivity index (χ1v) is 3.73. The molecular formula is C8H17NO2. The van der Waals surface area contributed by atoms with Gasteiger partial charge in [-0.05, 0) is 6.92 Å². The van der Waals surface area contributed by atoms with Crippen molar-refractivity contribution in [2.75, 3.05) is 6.54 Å². The molecule has 0 aliphatic carbocycles. The van der Waals surface area contributed by atoms with E-state index in [2.05, 4.69) is 0 Å². The summed E-state index contributed by atoms with van der Waals surface area (Å²) in [4.78, 5) is 10.2. The van der Waals surface area contributed by atoms with Crippen molar-refractivity contribution in [1.29, 1.82) is 0 Å². The van der Waals surface area contributed by atoms with Gasteiger partial charge in [0, 0.05) is 18.4 Å². The Labute approximate surface area is 67.6 Å². The number of nitrogens with two attached hydrogens (primary N) is 1. The average Bonchev–Trinajstić information content (AvgIpc) is 1.87. The second kappa shape index (κ2) is 3.32. The molecule has 11 heavy (non-hydrogen) atoms. The number of carbonyl (C=O) groups excluding carboxylic acids is 1. The van der Waals surface area contributed by atoms with Gasteiger partial charge in [0.2, 0.25) is 0 Å². The first-order valence-electron chi connectivity index (χ1n) is 3.73. The minimum Gasteiger partial charge on any atom is -0.389 e. The zero-order valence-electron chi connectivity index (χ0n) is 7.42. The highest BCUT2D eigenvalue weighted by Crippen LogP contribution is 2.31. The van der Waals surface area contributed by atoms with Crippen LogP contribution in [0.4, 0.5) is 0 Å².